The monoisotopic (exact) mass is 365 g/mol. The maximum absolute atomic E-state index is 14.4. The summed E-state index contributed by atoms with van der Waals surface area (Å²) in [5.41, 5.74) is 0.391. The topological polar surface area (TPSA) is 47.4 Å². The zero-order chi connectivity index (χ0) is 18.7. The molecule has 142 valence electrons. The summed E-state index contributed by atoms with van der Waals surface area (Å²) in [6.07, 6.45) is 2.90. The minimum absolute atomic E-state index is 0.278. The Kier molecular flexibility index (Phi) is 5.98. The Morgan fingerprint density at radius 2 is 2.19 bits per heavy atom. The van der Waals surface area contributed by atoms with Crippen molar-refractivity contribution >= 4 is 5.57 Å². The number of alkyl halides is 1. The van der Waals surface area contributed by atoms with Gasteiger partial charge in [0.15, 0.2) is 6.17 Å². The molecule has 26 heavy (non-hydrogen) atoms. The summed E-state index contributed by atoms with van der Waals surface area (Å²) >= 11 is 0. The van der Waals surface area contributed by atoms with Gasteiger partial charge in [-0.05, 0) is 50.9 Å². The van der Waals surface area contributed by atoms with Crippen molar-refractivity contribution in [2.24, 2.45) is 7.05 Å². The molecule has 1 aliphatic heterocycles. The van der Waals surface area contributed by atoms with Gasteiger partial charge in [0.2, 0.25) is 0 Å². The van der Waals surface area contributed by atoms with Gasteiger partial charge in [0, 0.05) is 37.9 Å². The van der Waals surface area contributed by atoms with Crippen LogP contribution in [0.15, 0.2) is 34.9 Å². The number of hydrogen-bond donors (Lipinski definition) is 0. The fourth-order valence-corrected chi connectivity index (χ4v) is 3.48. The van der Waals surface area contributed by atoms with E-state index in [1.54, 1.807) is 0 Å². The molecule has 1 fully saturated rings. The molecule has 1 aliphatic carbocycles. The lowest BCUT2D eigenvalue weighted by Crippen LogP contribution is -2.31. The van der Waals surface area contributed by atoms with Crippen LogP contribution in [0.3, 0.4) is 0 Å². The van der Waals surface area contributed by atoms with Gasteiger partial charge in [0.1, 0.15) is 11.9 Å². The fraction of sp³-hybridized carbons (Fsp3) is 0.579. The third-order valence-electron chi connectivity index (χ3n) is 5.03. The molecule has 2 unspecified atom stereocenters. The Bertz CT molecular complexity index is 759. The molecule has 2 heterocycles. The number of likely N-dealkylation sites (tertiary alicyclic amines) is 1. The molecule has 0 spiro atoms. The molecule has 2 aliphatic rings. The Morgan fingerprint density at radius 1 is 1.38 bits per heavy atom. The van der Waals surface area contributed by atoms with Crippen molar-refractivity contribution in [1.82, 2.24) is 14.7 Å². The molecule has 3 rings (SSSR count). The fourth-order valence-electron chi connectivity index (χ4n) is 3.48. The molecule has 1 saturated heterocycles. The lowest BCUT2D eigenvalue weighted by molar-refractivity contribution is 0.0179. The van der Waals surface area contributed by atoms with Crippen molar-refractivity contribution in [2.45, 2.75) is 44.5 Å². The smallest absolute Gasteiger partial charge is 0.266 e. The largest absolute Gasteiger partial charge is 0.368 e. The van der Waals surface area contributed by atoms with Crippen LogP contribution in [0.2, 0.25) is 0 Å². The Labute approximate surface area is 151 Å². The first-order chi connectivity index (χ1) is 12.5. The van der Waals surface area contributed by atoms with Crippen LogP contribution < -0.4 is 5.56 Å². The molecule has 1 aromatic rings. The molecule has 3 atom stereocenters. The number of nitrogens with zero attached hydrogens (tertiary/aromatic N) is 3. The van der Waals surface area contributed by atoms with Gasteiger partial charge in [-0.3, -0.25) is 4.79 Å². The predicted octanol–water partition coefficient (Wildman–Crippen LogP) is 2.63. The van der Waals surface area contributed by atoms with Crippen LogP contribution in [0, 0.1) is 0 Å². The summed E-state index contributed by atoms with van der Waals surface area (Å²) in [5.74, 6) is -0.653. The van der Waals surface area contributed by atoms with E-state index in [-0.39, 0.29) is 5.56 Å². The van der Waals surface area contributed by atoms with E-state index in [1.165, 1.54) is 44.2 Å². The standard InChI is InChI=1S/C19H25F2N3O2/c1-13-5-3-8-24(13)9-4-10-26-19-15(20)11-14(12-16(19)21)17-6-7-18(25)23(2)22-17/h6-7,11-13,15,19H,3-5,8-10H2,1-2H3/t13-,15?,19?/m1/s1. The molecule has 5 nitrogen and oxygen atoms in total. The second-order valence-electron chi connectivity index (χ2n) is 6.95. The van der Waals surface area contributed by atoms with Crippen molar-refractivity contribution in [1.29, 1.82) is 0 Å². The number of rotatable bonds is 6. The number of hydrogen-bond acceptors (Lipinski definition) is 4. The Morgan fingerprint density at radius 3 is 2.85 bits per heavy atom. The van der Waals surface area contributed by atoms with Gasteiger partial charge in [-0.15, -0.1) is 0 Å². The second kappa shape index (κ2) is 8.22. The van der Waals surface area contributed by atoms with E-state index >= 15 is 0 Å². The van der Waals surface area contributed by atoms with Gasteiger partial charge in [-0.25, -0.2) is 13.5 Å². The molecule has 1 aromatic heterocycles. The molecule has 7 heteroatoms. The average molecular weight is 365 g/mol. The first-order valence-electron chi connectivity index (χ1n) is 9.09. The minimum atomic E-state index is -1.58. The van der Waals surface area contributed by atoms with Gasteiger partial charge in [0.05, 0.1) is 5.69 Å². The van der Waals surface area contributed by atoms with Crippen LogP contribution in [-0.4, -0.2) is 52.7 Å². The number of aromatic nitrogens is 2. The van der Waals surface area contributed by atoms with Crippen molar-refractivity contribution in [3.63, 3.8) is 0 Å². The summed E-state index contributed by atoms with van der Waals surface area (Å²) in [5, 5.41) is 4.03. The summed E-state index contributed by atoms with van der Waals surface area (Å²) in [7, 11) is 1.50. The molecule has 0 N–H and O–H groups in total. The predicted molar refractivity (Wildman–Crippen MR) is 96.2 cm³/mol. The molecule has 0 amide bonds. The lowest BCUT2D eigenvalue weighted by atomic mass is 9.99. The Balaban J connectivity index is 1.56. The first-order valence-corrected chi connectivity index (χ1v) is 9.09. The molecule has 0 bridgehead atoms. The van der Waals surface area contributed by atoms with E-state index in [0.29, 0.717) is 23.9 Å². The van der Waals surface area contributed by atoms with Gasteiger partial charge in [-0.1, -0.05) is 0 Å². The van der Waals surface area contributed by atoms with Crippen LogP contribution in [-0.2, 0) is 11.8 Å². The van der Waals surface area contributed by atoms with Gasteiger partial charge in [0.25, 0.3) is 5.56 Å². The lowest BCUT2D eigenvalue weighted by Gasteiger charge is -2.24. The highest BCUT2D eigenvalue weighted by molar-refractivity contribution is 5.74. The highest BCUT2D eigenvalue weighted by atomic mass is 19.1. The number of halogens is 2. The third-order valence-corrected chi connectivity index (χ3v) is 5.03. The normalized spacial score (nSPS) is 26.7. The summed E-state index contributed by atoms with van der Waals surface area (Å²) in [6, 6.07) is 3.36. The first kappa shape index (κ1) is 18.9. The molecule has 0 aromatic carbocycles. The number of ether oxygens (including phenoxy) is 1. The van der Waals surface area contributed by atoms with E-state index in [0.717, 1.165) is 24.2 Å². The van der Waals surface area contributed by atoms with Crippen LogP contribution in [0.25, 0.3) is 5.57 Å². The van der Waals surface area contributed by atoms with E-state index < -0.39 is 18.1 Å². The van der Waals surface area contributed by atoms with E-state index in [4.69, 9.17) is 4.74 Å². The maximum Gasteiger partial charge on any atom is 0.266 e. The molecular formula is C19H25F2N3O2. The van der Waals surface area contributed by atoms with Crippen molar-refractivity contribution in [3.8, 4) is 0 Å². The molecule has 0 saturated carbocycles. The maximum atomic E-state index is 14.4. The van der Waals surface area contributed by atoms with Crippen molar-refractivity contribution < 1.29 is 13.5 Å². The zero-order valence-electron chi connectivity index (χ0n) is 15.2. The SMILES string of the molecule is C[C@@H]1CCCN1CCCOC1C(F)=CC(c2ccc(=O)n(C)n2)=CC1F. The number of aryl methyl sites for hydroxylation is 1. The average Bonchev–Trinajstić information content (AvgIpc) is 3.01. The van der Waals surface area contributed by atoms with Crippen LogP contribution in [0.1, 0.15) is 31.9 Å². The summed E-state index contributed by atoms with van der Waals surface area (Å²) in [4.78, 5) is 13.8. The number of allylic oxidation sites excluding steroid dienone is 2. The Hall–Kier alpha value is -1.86. The van der Waals surface area contributed by atoms with Gasteiger partial charge in [-0.2, -0.15) is 5.10 Å². The summed E-state index contributed by atoms with van der Waals surface area (Å²) < 4.78 is 35.4. The minimum Gasteiger partial charge on any atom is -0.368 e. The zero-order valence-corrected chi connectivity index (χ0v) is 15.2. The molecule has 0 radical (unpaired) electrons. The highest BCUT2D eigenvalue weighted by Crippen LogP contribution is 2.29. The third kappa shape index (κ3) is 4.27. The van der Waals surface area contributed by atoms with Crippen molar-refractivity contribution in [2.75, 3.05) is 19.7 Å². The highest BCUT2D eigenvalue weighted by Gasteiger charge is 2.30. The van der Waals surface area contributed by atoms with Gasteiger partial charge >= 0.3 is 0 Å². The van der Waals surface area contributed by atoms with Crippen molar-refractivity contribution in [3.05, 3.63) is 46.2 Å². The van der Waals surface area contributed by atoms with Gasteiger partial charge < -0.3 is 9.64 Å². The quantitative estimate of drug-likeness (QED) is 0.727. The molecular weight excluding hydrogens is 340 g/mol. The van der Waals surface area contributed by atoms with E-state index in [2.05, 4.69) is 16.9 Å². The van der Waals surface area contributed by atoms with Crippen LogP contribution in [0.5, 0.6) is 0 Å². The van der Waals surface area contributed by atoms with E-state index in [1.807, 2.05) is 0 Å². The van der Waals surface area contributed by atoms with Crippen LogP contribution in [0.4, 0.5) is 8.78 Å². The van der Waals surface area contributed by atoms with Crippen LogP contribution >= 0.6 is 0 Å². The van der Waals surface area contributed by atoms with E-state index in [9.17, 15) is 13.6 Å². The summed E-state index contributed by atoms with van der Waals surface area (Å²) in [6.45, 7) is 4.49. The second-order valence-corrected chi connectivity index (χ2v) is 6.95.